The lowest BCUT2D eigenvalue weighted by molar-refractivity contribution is -0.129. The van der Waals surface area contributed by atoms with E-state index in [-0.39, 0.29) is 29.9 Å². The summed E-state index contributed by atoms with van der Waals surface area (Å²) in [6.45, 7) is 4.52. The molecule has 0 aromatic carbocycles. The van der Waals surface area contributed by atoms with Crippen molar-refractivity contribution in [1.82, 2.24) is 20.6 Å². The fourth-order valence-electron chi connectivity index (χ4n) is 4.16. The van der Waals surface area contributed by atoms with Gasteiger partial charge in [0.15, 0.2) is 0 Å². The third kappa shape index (κ3) is 5.31. The SMILES string of the molecule is CCCO[C@H]1C[C@@H](C(=O)NC2CCCC2)CC[C@@H]1NC(=O)c1cnc(C)[nH]1. The molecular formula is C20H32N4O3. The first-order valence-electron chi connectivity index (χ1n) is 10.3. The molecule has 1 aromatic heterocycles. The van der Waals surface area contributed by atoms with E-state index < -0.39 is 0 Å². The molecule has 2 aliphatic carbocycles. The van der Waals surface area contributed by atoms with Crippen molar-refractivity contribution in [2.75, 3.05) is 6.61 Å². The van der Waals surface area contributed by atoms with Gasteiger partial charge in [-0.3, -0.25) is 9.59 Å². The molecule has 150 valence electrons. The third-order valence-corrected chi connectivity index (χ3v) is 5.66. The summed E-state index contributed by atoms with van der Waals surface area (Å²) >= 11 is 0. The summed E-state index contributed by atoms with van der Waals surface area (Å²) in [7, 11) is 0. The van der Waals surface area contributed by atoms with E-state index in [2.05, 4.69) is 27.5 Å². The van der Waals surface area contributed by atoms with Crippen LogP contribution in [0.3, 0.4) is 0 Å². The van der Waals surface area contributed by atoms with E-state index >= 15 is 0 Å². The number of nitrogens with one attached hydrogen (secondary N) is 3. The second kappa shape index (κ2) is 9.35. The highest BCUT2D eigenvalue weighted by Gasteiger charge is 2.36. The summed E-state index contributed by atoms with van der Waals surface area (Å²) in [6, 6.07) is 0.261. The molecule has 0 saturated heterocycles. The molecule has 2 amide bonds. The number of amides is 2. The maximum absolute atomic E-state index is 12.7. The van der Waals surface area contributed by atoms with Crippen LogP contribution in [0.5, 0.6) is 0 Å². The van der Waals surface area contributed by atoms with Crippen molar-refractivity contribution in [2.45, 2.75) is 83.4 Å². The maximum Gasteiger partial charge on any atom is 0.269 e. The van der Waals surface area contributed by atoms with E-state index in [1.165, 1.54) is 12.8 Å². The summed E-state index contributed by atoms with van der Waals surface area (Å²) in [6.07, 6.45) is 9.11. The van der Waals surface area contributed by atoms with Gasteiger partial charge in [-0.2, -0.15) is 0 Å². The number of aryl methyl sites for hydroxylation is 1. The molecule has 1 heterocycles. The molecule has 1 aromatic rings. The van der Waals surface area contributed by atoms with Gasteiger partial charge in [-0.15, -0.1) is 0 Å². The number of carbonyl (C=O) groups excluding carboxylic acids is 2. The van der Waals surface area contributed by atoms with Crippen LogP contribution < -0.4 is 10.6 Å². The zero-order chi connectivity index (χ0) is 19.2. The lowest BCUT2D eigenvalue weighted by atomic mass is 9.83. The van der Waals surface area contributed by atoms with E-state index in [1.54, 1.807) is 6.20 Å². The minimum absolute atomic E-state index is 0.0324. The Morgan fingerprint density at radius 1 is 1.22 bits per heavy atom. The number of hydrogen-bond acceptors (Lipinski definition) is 4. The highest BCUT2D eigenvalue weighted by atomic mass is 16.5. The van der Waals surface area contributed by atoms with Gasteiger partial charge in [0.2, 0.25) is 5.91 Å². The monoisotopic (exact) mass is 376 g/mol. The molecule has 2 aliphatic rings. The second-order valence-corrected chi connectivity index (χ2v) is 7.87. The van der Waals surface area contributed by atoms with E-state index in [4.69, 9.17) is 4.74 Å². The molecule has 3 rings (SSSR count). The van der Waals surface area contributed by atoms with Gasteiger partial charge in [-0.05, 0) is 45.4 Å². The Hall–Kier alpha value is -1.89. The first-order chi connectivity index (χ1) is 13.1. The number of carbonyl (C=O) groups is 2. The quantitative estimate of drug-likeness (QED) is 0.681. The summed E-state index contributed by atoms with van der Waals surface area (Å²) in [5.74, 6) is 0.668. The Kier molecular flexibility index (Phi) is 6.88. The van der Waals surface area contributed by atoms with Crippen LogP contribution in [0, 0.1) is 12.8 Å². The molecule has 0 aliphatic heterocycles. The molecule has 7 nitrogen and oxygen atoms in total. The van der Waals surface area contributed by atoms with Crippen molar-refractivity contribution < 1.29 is 14.3 Å². The van der Waals surface area contributed by atoms with Crippen LogP contribution in [0.1, 0.15) is 74.6 Å². The van der Waals surface area contributed by atoms with Crippen LogP contribution >= 0.6 is 0 Å². The van der Waals surface area contributed by atoms with Crippen LogP contribution in [0.2, 0.25) is 0 Å². The van der Waals surface area contributed by atoms with Gasteiger partial charge in [-0.25, -0.2) is 4.98 Å². The van der Waals surface area contributed by atoms with E-state index in [9.17, 15) is 9.59 Å². The average Bonchev–Trinajstić information content (AvgIpc) is 3.32. The van der Waals surface area contributed by atoms with Crippen molar-refractivity contribution >= 4 is 11.8 Å². The van der Waals surface area contributed by atoms with Crippen LogP contribution in [-0.4, -0.2) is 46.6 Å². The lowest BCUT2D eigenvalue weighted by Gasteiger charge is -2.36. The fourth-order valence-corrected chi connectivity index (χ4v) is 4.16. The zero-order valence-electron chi connectivity index (χ0n) is 16.4. The van der Waals surface area contributed by atoms with Crippen LogP contribution in [-0.2, 0) is 9.53 Å². The van der Waals surface area contributed by atoms with Crippen LogP contribution in [0.4, 0.5) is 0 Å². The number of H-pyrrole nitrogens is 1. The van der Waals surface area contributed by atoms with Crippen molar-refractivity contribution in [3.05, 3.63) is 17.7 Å². The van der Waals surface area contributed by atoms with Crippen LogP contribution in [0.25, 0.3) is 0 Å². The third-order valence-electron chi connectivity index (χ3n) is 5.66. The molecule has 2 saturated carbocycles. The van der Waals surface area contributed by atoms with E-state index in [1.807, 2.05) is 6.92 Å². The van der Waals surface area contributed by atoms with Crippen molar-refractivity contribution in [3.63, 3.8) is 0 Å². The highest BCUT2D eigenvalue weighted by molar-refractivity contribution is 5.92. The minimum atomic E-state index is -0.167. The highest BCUT2D eigenvalue weighted by Crippen LogP contribution is 2.28. The molecule has 2 fully saturated rings. The predicted molar refractivity (Wildman–Crippen MR) is 102 cm³/mol. The standard InChI is InChI=1S/C20H32N4O3/c1-3-10-27-18-11-14(19(25)23-15-6-4-5-7-15)8-9-16(18)24-20(26)17-12-21-13(2)22-17/h12,14-16,18H,3-11H2,1-2H3,(H,21,22)(H,23,25)(H,24,26)/t14-,16-,18-/m0/s1. The Morgan fingerprint density at radius 2 is 2.00 bits per heavy atom. The molecule has 27 heavy (non-hydrogen) atoms. The predicted octanol–water partition coefficient (Wildman–Crippen LogP) is 2.47. The number of rotatable bonds is 7. The molecule has 0 bridgehead atoms. The van der Waals surface area contributed by atoms with Gasteiger partial charge in [0, 0.05) is 18.6 Å². The van der Waals surface area contributed by atoms with Gasteiger partial charge in [-0.1, -0.05) is 19.8 Å². The summed E-state index contributed by atoms with van der Waals surface area (Å²) in [5.41, 5.74) is 0.461. The molecule has 0 unspecified atom stereocenters. The summed E-state index contributed by atoms with van der Waals surface area (Å²) in [5, 5.41) is 6.29. The first kappa shape index (κ1) is 19.9. The van der Waals surface area contributed by atoms with Gasteiger partial charge in [0.1, 0.15) is 11.5 Å². The Labute approximate surface area is 161 Å². The fraction of sp³-hybridized carbons (Fsp3) is 0.750. The number of imidazole rings is 1. The van der Waals surface area contributed by atoms with Crippen molar-refractivity contribution in [2.24, 2.45) is 5.92 Å². The largest absolute Gasteiger partial charge is 0.376 e. The van der Waals surface area contributed by atoms with Gasteiger partial charge in [0.05, 0.1) is 18.3 Å². The van der Waals surface area contributed by atoms with Crippen LogP contribution in [0.15, 0.2) is 6.20 Å². The number of hydrogen-bond donors (Lipinski definition) is 3. The summed E-state index contributed by atoms with van der Waals surface area (Å²) in [4.78, 5) is 32.2. The molecule has 7 heteroatoms. The van der Waals surface area contributed by atoms with Gasteiger partial charge >= 0.3 is 0 Å². The summed E-state index contributed by atoms with van der Waals surface area (Å²) < 4.78 is 6.02. The number of nitrogens with zero attached hydrogens (tertiary/aromatic N) is 1. The van der Waals surface area contributed by atoms with Crippen molar-refractivity contribution in [1.29, 1.82) is 0 Å². The van der Waals surface area contributed by atoms with Crippen molar-refractivity contribution in [3.8, 4) is 0 Å². The van der Waals surface area contributed by atoms with Gasteiger partial charge in [0.25, 0.3) is 5.91 Å². The van der Waals surface area contributed by atoms with E-state index in [0.717, 1.165) is 32.1 Å². The minimum Gasteiger partial charge on any atom is -0.376 e. The number of aromatic amines is 1. The van der Waals surface area contributed by atoms with E-state index in [0.29, 0.717) is 30.6 Å². The number of ether oxygens (including phenoxy) is 1. The zero-order valence-corrected chi connectivity index (χ0v) is 16.4. The Morgan fingerprint density at radius 3 is 2.67 bits per heavy atom. The molecule has 0 radical (unpaired) electrons. The average molecular weight is 377 g/mol. The second-order valence-electron chi connectivity index (χ2n) is 7.87. The lowest BCUT2D eigenvalue weighted by Crippen LogP contribution is -2.50. The smallest absolute Gasteiger partial charge is 0.269 e. The Bertz CT molecular complexity index is 639. The van der Waals surface area contributed by atoms with Gasteiger partial charge < -0.3 is 20.4 Å². The first-order valence-corrected chi connectivity index (χ1v) is 10.3. The number of aromatic nitrogens is 2. The normalized spacial score (nSPS) is 26.1. The molecular weight excluding hydrogens is 344 g/mol. The molecule has 3 N–H and O–H groups in total. The topological polar surface area (TPSA) is 96.1 Å². The molecule has 0 spiro atoms. The maximum atomic E-state index is 12.7. The Balaban J connectivity index is 1.58. The molecule has 3 atom stereocenters.